The molecule has 2 radical (unpaired) electrons. The third-order valence-corrected chi connectivity index (χ3v) is 5.24. The molecule has 2 rings (SSSR count). The minimum absolute atomic E-state index is 0.110. The molecule has 27 heavy (non-hydrogen) atoms. The van der Waals surface area contributed by atoms with Crippen LogP contribution in [-0.4, -0.2) is 27.4 Å². The van der Waals surface area contributed by atoms with Gasteiger partial charge in [0, 0.05) is 6.04 Å². The van der Waals surface area contributed by atoms with Crippen molar-refractivity contribution in [2.75, 3.05) is 5.73 Å². The van der Waals surface area contributed by atoms with Crippen molar-refractivity contribution >= 4 is 30.7 Å². The van der Waals surface area contributed by atoms with Crippen LogP contribution >= 0.6 is 0 Å². The summed E-state index contributed by atoms with van der Waals surface area (Å²) in [4.78, 5) is 23.3. The minimum atomic E-state index is -0.326. The first-order chi connectivity index (χ1) is 13.1. The van der Waals surface area contributed by atoms with Gasteiger partial charge in [-0.25, -0.2) is 4.98 Å². The molecule has 0 bridgehead atoms. The number of nitrogens with two attached hydrogens (primary N) is 1. The summed E-state index contributed by atoms with van der Waals surface area (Å²) < 4.78 is 1.95. The highest BCUT2D eigenvalue weighted by Crippen LogP contribution is 2.25. The molecular weight excluding hydrogens is 337 g/mol. The van der Waals surface area contributed by atoms with Gasteiger partial charge in [0.2, 0.25) is 5.95 Å². The number of aromatic nitrogens is 4. The van der Waals surface area contributed by atoms with Crippen LogP contribution in [0.25, 0.3) is 11.2 Å². The second-order valence-electron chi connectivity index (χ2n) is 7.52. The Kier molecular flexibility index (Phi) is 8.88. The average Bonchev–Trinajstić information content (AvgIpc) is 2.96. The summed E-state index contributed by atoms with van der Waals surface area (Å²) in [7, 11) is 6.20. The van der Waals surface area contributed by atoms with Crippen LogP contribution in [-0.2, 0) is 0 Å². The van der Waals surface area contributed by atoms with Gasteiger partial charge in [0.25, 0.3) is 5.56 Å². The summed E-state index contributed by atoms with van der Waals surface area (Å²) in [5.74, 6) is 0.110. The molecule has 0 unspecified atom stereocenters. The first-order valence-electron chi connectivity index (χ1n) is 10.6. The van der Waals surface area contributed by atoms with Gasteiger partial charge in [-0.1, -0.05) is 78.1 Å². The molecule has 0 atom stereocenters. The monoisotopic (exact) mass is 371 g/mol. The predicted octanol–water partition coefficient (Wildman–Crippen LogP) is 3.76. The summed E-state index contributed by atoms with van der Waals surface area (Å²) in [5.41, 5.74) is 6.60. The molecule has 6 nitrogen and oxygen atoms in total. The number of anilines is 1. The van der Waals surface area contributed by atoms with E-state index < -0.39 is 0 Å². The third-order valence-electron chi connectivity index (χ3n) is 5.24. The van der Waals surface area contributed by atoms with Gasteiger partial charge in [-0.2, -0.15) is 4.98 Å². The van der Waals surface area contributed by atoms with E-state index in [1.807, 2.05) is 4.57 Å². The van der Waals surface area contributed by atoms with Gasteiger partial charge in [-0.15, -0.1) is 0 Å². The van der Waals surface area contributed by atoms with Crippen molar-refractivity contribution in [3.05, 3.63) is 10.4 Å². The van der Waals surface area contributed by atoms with Crippen LogP contribution in [0, 0.1) is 0 Å². The second kappa shape index (κ2) is 11.1. The molecule has 0 aliphatic heterocycles. The van der Waals surface area contributed by atoms with E-state index in [0.29, 0.717) is 11.4 Å². The fourth-order valence-corrected chi connectivity index (χ4v) is 3.75. The maximum Gasteiger partial charge on any atom is 0.280 e. The zero-order chi connectivity index (χ0) is 19.6. The fraction of sp³-hybridized carbons (Fsp3) is 0.750. The number of imidazole rings is 1. The van der Waals surface area contributed by atoms with E-state index in [1.165, 1.54) is 51.4 Å². The van der Waals surface area contributed by atoms with Gasteiger partial charge in [-0.3, -0.25) is 9.78 Å². The number of nitrogen functional groups attached to an aromatic ring is 1. The second-order valence-corrected chi connectivity index (χ2v) is 7.52. The minimum Gasteiger partial charge on any atom is -0.369 e. The fourth-order valence-electron chi connectivity index (χ4n) is 3.75. The summed E-state index contributed by atoms with van der Waals surface area (Å²) in [6.45, 7) is 4.45. The standard InChI is InChI=1S/C20H34BN5O/c1-3-5-7-9-11-13-15(14-12-10-8-6-4-2)26-17-16(23-19(26)21)18(27)25-20(22)24-17/h15H,3-14H2,1-2H3,(H3,22,24,25,27). The molecule has 3 N–H and O–H groups in total. The summed E-state index contributed by atoms with van der Waals surface area (Å²) in [6, 6.07) is 0.215. The molecule has 0 saturated carbocycles. The van der Waals surface area contributed by atoms with Gasteiger partial charge >= 0.3 is 0 Å². The van der Waals surface area contributed by atoms with E-state index in [-0.39, 0.29) is 23.1 Å². The molecule has 0 aliphatic rings. The Morgan fingerprint density at radius 3 is 2.07 bits per heavy atom. The Balaban J connectivity index is 2.17. The summed E-state index contributed by atoms with van der Waals surface area (Å²) in [6.07, 6.45) is 14.4. The molecular formula is C20H34BN5O. The highest BCUT2D eigenvalue weighted by atomic mass is 16.1. The first kappa shape index (κ1) is 21.5. The summed E-state index contributed by atoms with van der Waals surface area (Å²) >= 11 is 0. The lowest BCUT2D eigenvalue weighted by Crippen LogP contribution is -2.24. The Labute approximate surface area is 163 Å². The van der Waals surface area contributed by atoms with Crippen molar-refractivity contribution in [1.82, 2.24) is 19.5 Å². The maximum atomic E-state index is 12.1. The molecule has 0 saturated heterocycles. The molecule has 2 heterocycles. The predicted molar refractivity (Wildman–Crippen MR) is 114 cm³/mol. The van der Waals surface area contributed by atoms with E-state index >= 15 is 0 Å². The van der Waals surface area contributed by atoms with Crippen LogP contribution in [0.5, 0.6) is 0 Å². The van der Waals surface area contributed by atoms with Crippen molar-refractivity contribution < 1.29 is 0 Å². The average molecular weight is 371 g/mol. The molecule has 148 valence electrons. The zero-order valence-electron chi connectivity index (χ0n) is 17.0. The van der Waals surface area contributed by atoms with E-state index in [1.54, 1.807) is 0 Å². The number of H-pyrrole nitrogens is 1. The van der Waals surface area contributed by atoms with Gasteiger partial charge in [0.05, 0.1) is 5.72 Å². The number of nitrogens with one attached hydrogen (secondary N) is 1. The molecule has 2 aromatic rings. The number of hydrogen-bond acceptors (Lipinski definition) is 4. The maximum absolute atomic E-state index is 12.1. The molecule has 2 aromatic heterocycles. The van der Waals surface area contributed by atoms with E-state index in [9.17, 15) is 4.79 Å². The van der Waals surface area contributed by atoms with Crippen LogP contribution in [0.1, 0.15) is 96.9 Å². The van der Waals surface area contributed by atoms with E-state index in [4.69, 9.17) is 13.6 Å². The number of fused-ring (bicyclic) bond motifs is 1. The number of aromatic amines is 1. The van der Waals surface area contributed by atoms with Crippen molar-refractivity contribution in [3.63, 3.8) is 0 Å². The number of hydrogen-bond donors (Lipinski definition) is 2. The Bertz CT molecular complexity index is 741. The molecule has 0 aromatic carbocycles. The Hall–Kier alpha value is -1.79. The van der Waals surface area contributed by atoms with Crippen molar-refractivity contribution in [2.45, 2.75) is 96.9 Å². The lowest BCUT2D eigenvalue weighted by molar-refractivity contribution is 0.406. The number of unbranched alkanes of at least 4 members (excludes halogenated alkanes) is 8. The van der Waals surface area contributed by atoms with E-state index in [2.05, 4.69) is 28.8 Å². The molecule has 0 aliphatic carbocycles. The van der Waals surface area contributed by atoms with Crippen LogP contribution in [0.2, 0.25) is 0 Å². The summed E-state index contributed by atoms with van der Waals surface area (Å²) in [5, 5.41) is 0. The number of nitrogens with zero attached hydrogens (tertiary/aromatic N) is 3. The van der Waals surface area contributed by atoms with Gasteiger partial charge in [0.15, 0.2) is 19.0 Å². The van der Waals surface area contributed by atoms with Crippen LogP contribution in [0.4, 0.5) is 5.95 Å². The topological polar surface area (TPSA) is 89.6 Å². The number of rotatable bonds is 13. The van der Waals surface area contributed by atoms with Gasteiger partial charge in [-0.05, 0) is 12.8 Å². The SMILES string of the molecule is [B]c1nc2c(=O)[nH]c(N)nc2n1C(CCCCCCC)CCCCCCC. The van der Waals surface area contributed by atoms with Gasteiger partial charge < -0.3 is 10.3 Å². The van der Waals surface area contributed by atoms with Gasteiger partial charge in [0.1, 0.15) is 0 Å². The highest BCUT2D eigenvalue weighted by molar-refractivity contribution is 6.30. The highest BCUT2D eigenvalue weighted by Gasteiger charge is 2.19. The lowest BCUT2D eigenvalue weighted by atomic mass is 9.98. The smallest absolute Gasteiger partial charge is 0.280 e. The van der Waals surface area contributed by atoms with Crippen molar-refractivity contribution in [2.24, 2.45) is 0 Å². The van der Waals surface area contributed by atoms with E-state index in [0.717, 1.165) is 25.7 Å². The van der Waals surface area contributed by atoms with Crippen LogP contribution in [0.3, 0.4) is 0 Å². The Morgan fingerprint density at radius 2 is 1.52 bits per heavy atom. The normalized spacial score (nSPS) is 11.7. The first-order valence-corrected chi connectivity index (χ1v) is 10.6. The lowest BCUT2D eigenvalue weighted by Gasteiger charge is -2.21. The third kappa shape index (κ3) is 6.11. The molecule has 0 amide bonds. The molecule has 7 heteroatoms. The molecule has 0 fully saturated rings. The van der Waals surface area contributed by atoms with Crippen LogP contribution in [0.15, 0.2) is 4.79 Å². The quantitative estimate of drug-likeness (QED) is 0.414. The molecule has 0 spiro atoms. The zero-order valence-corrected chi connectivity index (χ0v) is 17.0. The largest absolute Gasteiger partial charge is 0.369 e. The van der Waals surface area contributed by atoms with Crippen molar-refractivity contribution in [1.29, 1.82) is 0 Å². The van der Waals surface area contributed by atoms with Crippen molar-refractivity contribution in [3.8, 4) is 0 Å². The van der Waals surface area contributed by atoms with Crippen LogP contribution < -0.4 is 17.0 Å². The Morgan fingerprint density at radius 1 is 0.963 bits per heavy atom.